The smallest absolute Gasteiger partial charge is 0.219 e. The molecule has 3 heteroatoms. The molecule has 0 aromatic rings. The number of aliphatic hydroxyl groups is 1. The summed E-state index contributed by atoms with van der Waals surface area (Å²) in [6.45, 7) is 6.55. The maximum atomic E-state index is 10.4. The zero-order valence-corrected chi connectivity index (χ0v) is 6.79. The van der Waals surface area contributed by atoms with E-state index in [1.165, 1.54) is 6.92 Å². The summed E-state index contributed by atoms with van der Waals surface area (Å²) in [6, 6.07) is 0. The standard InChI is InChI=1S/C5H9NO2.C2H6/c1-4(7)6-2-5(8)3-6;1-2/h5,8H,2-3H2,1H3;1-2H3. The van der Waals surface area contributed by atoms with Crippen LogP contribution >= 0.6 is 0 Å². The molecule has 1 aliphatic heterocycles. The van der Waals surface area contributed by atoms with Gasteiger partial charge in [0.2, 0.25) is 5.91 Å². The molecule has 10 heavy (non-hydrogen) atoms. The summed E-state index contributed by atoms with van der Waals surface area (Å²) in [5.74, 6) is 0.0512. The van der Waals surface area contributed by atoms with Gasteiger partial charge in [0.15, 0.2) is 0 Å². The highest BCUT2D eigenvalue weighted by Crippen LogP contribution is 2.05. The number of aliphatic hydroxyl groups excluding tert-OH is 1. The second-order valence-corrected chi connectivity index (χ2v) is 2.08. The highest BCUT2D eigenvalue weighted by molar-refractivity contribution is 5.74. The Labute approximate surface area is 61.6 Å². The number of rotatable bonds is 0. The summed E-state index contributed by atoms with van der Waals surface area (Å²) in [4.78, 5) is 12.0. The quantitative estimate of drug-likeness (QED) is 0.530. The van der Waals surface area contributed by atoms with Crippen molar-refractivity contribution in [3.63, 3.8) is 0 Å². The Morgan fingerprint density at radius 2 is 1.90 bits per heavy atom. The van der Waals surface area contributed by atoms with Crippen molar-refractivity contribution in [2.45, 2.75) is 26.9 Å². The zero-order chi connectivity index (χ0) is 8.15. The monoisotopic (exact) mass is 145 g/mol. The first kappa shape index (κ1) is 9.43. The van der Waals surface area contributed by atoms with Crippen molar-refractivity contribution in [1.29, 1.82) is 0 Å². The molecule has 1 amide bonds. The third kappa shape index (κ3) is 2.35. The lowest BCUT2D eigenvalue weighted by Gasteiger charge is -2.34. The van der Waals surface area contributed by atoms with Gasteiger partial charge in [0.25, 0.3) is 0 Å². The van der Waals surface area contributed by atoms with Crippen molar-refractivity contribution < 1.29 is 9.90 Å². The molecule has 0 radical (unpaired) electrons. The van der Waals surface area contributed by atoms with Gasteiger partial charge in [-0.3, -0.25) is 4.79 Å². The van der Waals surface area contributed by atoms with E-state index >= 15 is 0 Å². The van der Waals surface area contributed by atoms with Crippen LogP contribution in [0.25, 0.3) is 0 Å². The molecule has 0 aromatic heterocycles. The van der Waals surface area contributed by atoms with Crippen molar-refractivity contribution >= 4 is 5.91 Å². The van der Waals surface area contributed by atoms with Gasteiger partial charge in [-0.15, -0.1) is 0 Å². The van der Waals surface area contributed by atoms with Gasteiger partial charge in [0, 0.05) is 20.0 Å². The van der Waals surface area contributed by atoms with E-state index in [0.717, 1.165) is 0 Å². The minimum absolute atomic E-state index is 0.0512. The molecule has 1 rings (SSSR count). The van der Waals surface area contributed by atoms with Gasteiger partial charge in [-0.25, -0.2) is 0 Å². The van der Waals surface area contributed by atoms with Crippen LogP contribution in [0.1, 0.15) is 20.8 Å². The average Bonchev–Trinajstić information content (AvgIpc) is 1.86. The first-order chi connectivity index (χ1) is 4.70. The largest absolute Gasteiger partial charge is 0.389 e. The Morgan fingerprint density at radius 1 is 1.50 bits per heavy atom. The van der Waals surface area contributed by atoms with Gasteiger partial charge in [-0.1, -0.05) is 13.8 Å². The maximum absolute atomic E-state index is 10.4. The third-order valence-electron chi connectivity index (χ3n) is 1.31. The van der Waals surface area contributed by atoms with Crippen LogP contribution in [-0.4, -0.2) is 35.1 Å². The molecule has 1 fully saturated rings. The van der Waals surface area contributed by atoms with E-state index in [9.17, 15) is 4.79 Å². The Balaban J connectivity index is 0.000000371. The first-order valence-corrected chi connectivity index (χ1v) is 3.63. The van der Waals surface area contributed by atoms with Crippen LogP contribution in [0.4, 0.5) is 0 Å². The fourth-order valence-electron chi connectivity index (χ4n) is 0.712. The number of hydrogen-bond acceptors (Lipinski definition) is 2. The molecule has 0 atom stereocenters. The van der Waals surface area contributed by atoms with Crippen LogP contribution in [0.3, 0.4) is 0 Å². The van der Waals surface area contributed by atoms with E-state index in [1.54, 1.807) is 4.90 Å². The summed E-state index contributed by atoms with van der Waals surface area (Å²) in [5.41, 5.74) is 0. The van der Waals surface area contributed by atoms with Crippen LogP contribution in [-0.2, 0) is 4.79 Å². The number of hydrogen-bond donors (Lipinski definition) is 1. The van der Waals surface area contributed by atoms with Crippen molar-refractivity contribution in [1.82, 2.24) is 4.90 Å². The number of likely N-dealkylation sites (tertiary alicyclic amines) is 1. The molecule has 1 saturated heterocycles. The highest BCUT2D eigenvalue weighted by atomic mass is 16.3. The maximum Gasteiger partial charge on any atom is 0.219 e. The number of amides is 1. The van der Waals surface area contributed by atoms with E-state index in [-0.39, 0.29) is 12.0 Å². The van der Waals surface area contributed by atoms with Gasteiger partial charge in [-0.2, -0.15) is 0 Å². The molecule has 0 saturated carbocycles. The molecule has 0 unspecified atom stereocenters. The average molecular weight is 145 g/mol. The Kier molecular flexibility index (Phi) is 4.03. The molecule has 1 N–H and O–H groups in total. The minimum Gasteiger partial charge on any atom is -0.389 e. The van der Waals surface area contributed by atoms with Crippen LogP contribution in [0.5, 0.6) is 0 Å². The molecule has 60 valence electrons. The normalized spacial score (nSPS) is 17.0. The third-order valence-corrected chi connectivity index (χ3v) is 1.31. The van der Waals surface area contributed by atoms with Gasteiger partial charge >= 0.3 is 0 Å². The van der Waals surface area contributed by atoms with Crippen molar-refractivity contribution in [2.75, 3.05) is 13.1 Å². The molecule has 0 spiro atoms. The molecule has 0 bridgehead atoms. The lowest BCUT2D eigenvalue weighted by Crippen LogP contribution is -2.52. The summed E-state index contributed by atoms with van der Waals surface area (Å²) in [5, 5.41) is 8.67. The predicted octanol–water partition coefficient (Wildman–Crippen LogP) is 0.236. The van der Waals surface area contributed by atoms with E-state index in [1.807, 2.05) is 13.8 Å². The Morgan fingerprint density at radius 3 is 2.00 bits per heavy atom. The molecule has 0 aromatic carbocycles. The number of carbonyl (C=O) groups excluding carboxylic acids is 1. The van der Waals surface area contributed by atoms with Crippen LogP contribution < -0.4 is 0 Å². The molecular weight excluding hydrogens is 130 g/mol. The molecule has 1 aliphatic rings. The lowest BCUT2D eigenvalue weighted by molar-refractivity contribution is -0.138. The van der Waals surface area contributed by atoms with Crippen molar-refractivity contribution in [3.8, 4) is 0 Å². The first-order valence-electron chi connectivity index (χ1n) is 3.63. The van der Waals surface area contributed by atoms with E-state index in [2.05, 4.69) is 0 Å². The molecule has 1 heterocycles. The van der Waals surface area contributed by atoms with Gasteiger partial charge in [-0.05, 0) is 0 Å². The van der Waals surface area contributed by atoms with E-state index in [0.29, 0.717) is 13.1 Å². The number of nitrogens with zero attached hydrogens (tertiary/aromatic N) is 1. The van der Waals surface area contributed by atoms with E-state index < -0.39 is 0 Å². The second kappa shape index (κ2) is 4.28. The minimum atomic E-state index is -0.265. The molecule has 3 nitrogen and oxygen atoms in total. The summed E-state index contributed by atoms with van der Waals surface area (Å²) < 4.78 is 0. The Bertz CT molecular complexity index is 108. The fraction of sp³-hybridized carbons (Fsp3) is 0.857. The SMILES string of the molecule is CC.CC(=O)N1CC(O)C1. The highest BCUT2D eigenvalue weighted by Gasteiger charge is 2.25. The summed E-state index contributed by atoms with van der Waals surface area (Å²) in [6.07, 6.45) is -0.265. The predicted molar refractivity (Wildman–Crippen MR) is 39.6 cm³/mol. The Hall–Kier alpha value is -0.570. The number of carbonyl (C=O) groups is 1. The van der Waals surface area contributed by atoms with Gasteiger partial charge in [0.1, 0.15) is 0 Å². The van der Waals surface area contributed by atoms with Crippen molar-refractivity contribution in [3.05, 3.63) is 0 Å². The summed E-state index contributed by atoms with van der Waals surface area (Å²) in [7, 11) is 0. The van der Waals surface area contributed by atoms with Crippen LogP contribution in [0.2, 0.25) is 0 Å². The van der Waals surface area contributed by atoms with Gasteiger partial charge < -0.3 is 10.0 Å². The zero-order valence-electron chi connectivity index (χ0n) is 6.79. The van der Waals surface area contributed by atoms with Gasteiger partial charge in [0.05, 0.1) is 6.10 Å². The van der Waals surface area contributed by atoms with Crippen LogP contribution in [0, 0.1) is 0 Å². The van der Waals surface area contributed by atoms with Crippen LogP contribution in [0.15, 0.2) is 0 Å². The number of β-amino-alcohol motifs (C(OH)–C–C–N with tert-alkyl or cyclic N) is 1. The fourth-order valence-corrected chi connectivity index (χ4v) is 0.712. The molecular formula is C7H15NO2. The van der Waals surface area contributed by atoms with Crippen molar-refractivity contribution in [2.24, 2.45) is 0 Å². The van der Waals surface area contributed by atoms with E-state index in [4.69, 9.17) is 5.11 Å². The topological polar surface area (TPSA) is 40.5 Å². The lowest BCUT2D eigenvalue weighted by atomic mass is 10.2. The second-order valence-electron chi connectivity index (χ2n) is 2.08. The summed E-state index contributed by atoms with van der Waals surface area (Å²) >= 11 is 0. The molecule has 0 aliphatic carbocycles.